The number of hydrogen-bond donors (Lipinski definition) is 3. The van der Waals surface area contributed by atoms with Gasteiger partial charge < -0.3 is 48.6 Å². The minimum atomic E-state index is -2.49. The molecular formula is C58H85NO14. The average molecular weight is 1020 g/mol. The normalized spacial score (nSPS) is 36.0. The SMILES string of the molecule is COc1ccc(C2C[C@@H]3CC[C@@H](C)[C@@](O)(O3)C(=O)C(=O)N3CCCC[C@H]3C(=O)O[C@H]([C@H](C)C[C@@H]3CC[C@@H](O)[C@H](OC)C3)CC(=O)[C@H](C)/C=C(\C)[C@@H](O)[C@@H](OC)C(=O)[C@H](C)C[C@H](C)/C=C/C=CC=C2C)c(OC)c1. The fraction of sp³-hybridized carbons (Fsp3) is 0.672. The van der Waals surface area contributed by atoms with E-state index < -0.39 is 77.8 Å². The van der Waals surface area contributed by atoms with Crippen LogP contribution in [0.4, 0.5) is 0 Å². The van der Waals surface area contributed by atoms with Crippen molar-refractivity contribution in [1.82, 2.24) is 4.90 Å². The van der Waals surface area contributed by atoms with Crippen LogP contribution in [0.2, 0.25) is 0 Å². The van der Waals surface area contributed by atoms with Gasteiger partial charge in [-0.25, -0.2) is 4.79 Å². The number of cyclic esters (lactones) is 1. The van der Waals surface area contributed by atoms with Crippen molar-refractivity contribution in [1.29, 1.82) is 0 Å². The first-order chi connectivity index (χ1) is 34.7. The number of carbonyl (C=O) groups excluding carboxylic acids is 5. The quantitative estimate of drug-likeness (QED) is 0.128. The fourth-order valence-electron chi connectivity index (χ4n) is 11.3. The molecule has 0 aromatic heterocycles. The van der Waals surface area contributed by atoms with E-state index in [-0.39, 0.29) is 60.7 Å². The third kappa shape index (κ3) is 15.1. The lowest BCUT2D eigenvalue weighted by atomic mass is 9.78. The van der Waals surface area contributed by atoms with Crippen LogP contribution in [0.3, 0.4) is 0 Å². The Morgan fingerprint density at radius 3 is 2.26 bits per heavy atom. The van der Waals surface area contributed by atoms with E-state index in [0.29, 0.717) is 81.3 Å². The predicted molar refractivity (Wildman–Crippen MR) is 277 cm³/mol. The summed E-state index contributed by atoms with van der Waals surface area (Å²) in [6.07, 6.45) is 11.4. The molecule has 3 fully saturated rings. The van der Waals surface area contributed by atoms with Crippen LogP contribution in [-0.2, 0) is 42.9 Å². The van der Waals surface area contributed by atoms with Crippen molar-refractivity contribution in [3.8, 4) is 11.5 Å². The maximum atomic E-state index is 14.6. The minimum Gasteiger partial charge on any atom is -0.497 e. The molecular weight excluding hydrogens is 935 g/mol. The molecule has 2 bridgehead atoms. The zero-order chi connectivity index (χ0) is 53.7. The summed E-state index contributed by atoms with van der Waals surface area (Å²) in [4.78, 5) is 72.9. The molecule has 1 aliphatic carbocycles. The molecule has 5 rings (SSSR count). The van der Waals surface area contributed by atoms with E-state index in [1.165, 1.54) is 12.0 Å². The van der Waals surface area contributed by atoms with Crippen LogP contribution in [0.1, 0.15) is 137 Å². The maximum Gasteiger partial charge on any atom is 0.329 e. The number of ketones is 3. The Kier molecular flexibility index (Phi) is 22.2. The van der Waals surface area contributed by atoms with E-state index in [4.69, 9.17) is 28.4 Å². The lowest BCUT2D eigenvalue weighted by Gasteiger charge is -2.43. The summed E-state index contributed by atoms with van der Waals surface area (Å²) < 4.78 is 35.3. The smallest absolute Gasteiger partial charge is 0.329 e. The van der Waals surface area contributed by atoms with E-state index in [2.05, 4.69) is 0 Å². The summed E-state index contributed by atoms with van der Waals surface area (Å²) in [5.74, 6) is -7.37. The van der Waals surface area contributed by atoms with Crippen LogP contribution in [0, 0.1) is 35.5 Å². The number of aliphatic hydroxyl groups excluding tert-OH is 2. The Morgan fingerprint density at radius 1 is 0.836 bits per heavy atom. The van der Waals surface area contributed by atoms with Crippen molar-refractivity contribution >= 4 is 29.2 Å². The Labute approximate surface area is 433 Å². The predicted octanol–water partition coefficient (Wildman–Crippen LogP) is 7.97. The molecule has 1 aromatic carbocycles. The summed E-state index contributed by atoms with van der Waals surface area (Å²) in [6, 6.07) is 4.39. The zero-order valence-corrected chi connectivity index (χ0v) is 45.3. The number of rotatable bonds is 8. The monoisotopic (exact) mass is 1020 g/mol. The summed E-state index contributed by atoms with van der Waals surface area (Å²) >= 11 is 0. The van der Waals surface area contributed by atoms with E-state index in [0.717, 1.165) is 11.1 Å². The molecule has 3 N–H and O–H groups in total. The number of methoxy groups -OCH3 is 4. The molecule has 0 spiro atoms. The second kappa shape index (κ2) is 27.3. The van der Waals surface area contributed by atoms with Crippen molar-refractivity contribution in [3.63, 3.8) is 0 Å². The molecule has 1 aromatic rings. The topological polar surface area (TPSA) is 205 Å². The highest BCUT2D eigenvalue weighted by Crippen LogP contribution is 2.43. The van der Waals surface area contributed by atoms with Crippen molar-refractivity contribution in [2.45, 2.75) is 180 Å². The molecule has 2 saturated heterocycles. The number of carbonyl (C=O) groups is 5. The molecule has 15 nitrogen and oxygen atoms in total. The van der Waals surface area contributed by atoms with Gasteiger partial charge in [-0.3, -0.25) is 19.2 Å². The molecule has 0 radical (unpaired) electrons. The van der Waals surface area contributed by atoms with Gasteiger partial charge in [-0.2, -0.15) is 0 Å². The number of fused-ring (bicyclic) bond motifs is 3. The minimum absolute atomic E-state index is 0.0135. The average Bonchev–Trinajstić information content (AvgIpc) is 3.38. The van der Waals surface area contributed by atoms with Gasteiger partial charge in [0.25, 0.3) is 11.7 Å². The molecule has 1 saturated carbocycles. The third-order valence-corrected chi connectivity index (χ3v) is 16.1. The van der Waals surface area contributed by atoms with Gasteiger partial charge in [0.2, 0.25) is 5.79 Å². The van der Waals surface area contributed by atoms with Crippen LogP contribution >= 0.6 is 0 Å². The van der Waals surface area contributed by atoms with Gasteiger partial charge in [0.1, 0.15) is 41.6 Å². The molecule has 3 aliphatic heterocycles. The van der Waals surface area contributed by atoms with Crippen LogP contribution in [0.15, 0.2) is 65.8 Å². The molecule has 15 atom stereocenters. The highest BCUT2D eigenvalue weighted by atomic mass is 16.6. The molecule has 15 heteroatoms. The van der Waals surface area contributed by atoms with Crippen molar-refractivity contribution < 1.29 is 67.7 Å². The highest BCUT2D eigenvalue weighted by molar-refractivity contribution is 6.39. The molecule has 4 aliphatic rings. The second-order valence-electron chi connectivity index (χ2n) is 21.5. The van der Waals surface area contributed by atoms with Crippen molar-refractivity contribution in [2.24, 2.45) is 35.5 Å². The molecule has 73 heavy (non-hydrogen) atoms. The van der Waals surface area contributed by atoms with Gasteiger partial charge in [-0.1, -0.05) is 82.7 Å². The first-order valence-electron chi connectivity index (χ1n) is 26.5. The summed E-state index contributed by atoms with van der Waals surface area (Å²) in [7, 11) is 6.10. The van der Waals surface area contributed by atoms with E-state index in [1.807, 2.05) is 70.2 Å². The van der Waals surface area contributed by atoms with E-state index in [9.17, 15) is 39.3 Å². The Hall–Kier alpha value is -4.51. The maximum absolute atomic E-state index is 14.6. The van der Waals surface area contributed by atoms with Crippen LogP contribution < -0.4 is 9.47 Å². The number of nitrogens with zero attached hydrogens (tertiary/aromatic N) is 1. The number of hydrogen-bond acceptors (Lipinski definition) is 14. The Morgan fingerprint density at radius 2 is 1.58 bits per heavy atom. The van der Waals surface area contributed by atoms with E-state index >= 15 is 0 Å². The van der Waals surface area contributed by atoms with Gasteiger partial charge in [0.05, 0.1) is 32.5 Å². The summed E-state index contributed by atoms with van der Waals surface area (Å²) in [5.41, 5.74) is 2.14. The number of esters is 1. The lowest BCUT2D eigenvalue weighted by Crippen LogP contribution is -2.60. The van der Waals surface area contributed by atoms with Crippen molar-refractivity contribution in [2.75, 3.05) is 35.0 Å². The third-order valence-electron chi connectivity index (χ3n) is 16.1. The zero-order valence-electron chi connectivity index (χ0n) is 45.3. The number of allylic oxidation sites excluding steroid dienone is 7. The Bertz CT molecular complexity index is 2180. The number of benzene rings is 1. The lowest BCUT2D eigenvalue weighted by molar-refractivity contribution is -0.264. The number of ether oxygens (including phenoxy) is 6. The van der Waals surface area contributed by atoms with Crippen LogP contribution in [0.25, 0.3) is 0 Å². The first-order valence-corrected chi connectivity index (χ1v) is 26.5. The number of amides is 1. The second-order valence-corrected chi connectivity index (χ2v) is 21.5. The number of aliphatic hydroxyl groups is 3. The first kappa shape index (κ1) is 59.4. The van der Waals surface area contributed by atoms with Gasteiger partial charge >= 0.3 is 5.97 Å². The summed E-state index contributed by atoms with van der Waals surface area (Å²) in [6.45, 7) is 12.8. The number of Topliss-reactive ketones (excluding diaryl/α,β-unsaturated/α-hetero) is 3. The summed E-state index contributed by atoms with van der Waals surface area (Å²) in [5, 5.41) is 34.4. The molecule has 1 amide bonds. The van der Waals surface area contributed by atoms with Gasteiger partial charge in [-0.05, 0) is 114 Å². The Balaban J connectivity index is 1.53. The van der Waals surface area contributed by atoms with Gasteiger partial charge in [0.15, 0.2) is 5.78 Å². The van der Waals surface area contributed by atoms with Gasteiger partial charge in [-0.15, -0.1) is 0 Å². The molecule has 3 heterocycles. The highest BCUT2D eigenvalue weighted by Gasteiger charge is 2.53. The van der Waals surface area contributed by atoms with Crippen molar-refractivity contribution in [3.05, 3.63) is 71.4 Å². The van der Waals surface area contributed by atoms with Gasteiger partial charge in [0, 0.05) is 62.5 Å². The van der Waals surface area contributed by atoms with Crippen LogP contribution in [-0.4, -0.2) is 133 Å². The van der Waals surface area contributed by atoms with E-state index in [1.54, 1.807) is 54.2 Å². The number of piperidine rings is 1. The standard InChI is InChI=1S/C58H85NO14/c1-34-17-13-12-14-18-35(2)45(44-24-23-42(68-8)32-50(44)69-9)31-43-22-20-40(7)58(67,73-43)55(64)56(65)59-26-16-15-19-46(59)57(66)72-49(37(4)29-41-21-25-47(60)51(30-41)70-10)33-48(61)36(3)28-39(6)53(63)54(71-11)52(62)38(5)27-34/h12-14,17-18,23-24,28,32,34,36-38,40-41,43,45-47,49,51,53-54,60,63,67H,15-16,19-22,25-27,29-31,33H2,1-11H3/b14-12?,17-13+,35-18?,39-28+/t34-,36-,37-,38-,40-,41+,43+,45?,46+,47-,49+,51-,53-,54+,58-/m1/s1. The molecule has 406 valence electrons. The van der Waals surface area contributed by atoms with Crippen LogP contribution in [0.5, 0.6) is 11.5 Å². The largest absolute Gasteiger partial charge is 0.497 e. The molecule has 1 unspecified atom stereocenters. The fourth-order valence-corrected chi connectivity index (χ4v) is 11.3.